The minimum absolute atomic E-state index is 0.247. The first-order valence-corrected chi connectivity index (χ1v) is 8.29. The predicted molar refractivity (Wildman–Crippen MR) is 91.0 cm³/mol. The van der Waals surface area contributed by atoms with Crippen LogP contribution in [0, 0.1) is 5.82 Å². The lowest BCUT2D eigenvalue weighted by Gasteiger charge is -2.25. The van der Waals surface area contributed by atoms with Gasteiger partial charge < -0.3 is 10.3 Å². The molecule has 112 valence electrons. The summed E-state index contributed by atoms with van der Waals surface area (Å²) in [5.74, 6) is -0.280. The summed E-state index contributed by atoms with van der Waals surface area (Å²) in [6, 6.07) is 10.7. The number of benzene rings is 2. The molecule has 2 nitrogen and oxygen atoms in total. The van der Waals surface area contributed by atoms with Crippen LogP contribution < -0.4 is 5.32 Å². The van der Waals surface area contributed by atoms with Crippen molar-refractivity contribution in [2.24, 2.45) is 0 Å². The van der Waals surface area contributed by atoms with Crippen LogP contribution in [0.15, 0.2) is 40.9 Å². The van der Waals surface area contributed by atoms with Crippen molar-refractivity contribution in [3.05, 3.63) is 68.5 Å². The molecule has 22 heavy (non-hydrogen) atoms. The molecule has 1 aromatic heterocycles. The molecule has 0 bridgehead atoms. The van der Waals surface area contributed by atoms with E-state index in [2.05, 4.69) is 32.3 Å². The Morgan fingerprint density at radius 3 is 2.91 bits per heavy atom. The fourth-order valence-electron chi connectivity index (χ4n) is 3.23. The smallest absolute Gasteiger partial charge is 0.129 e. The van der Waals surface area contributed by atoms with E-state index in [-0.39, 0.29) is 11.9 Å². The highest BCUT2D eigenvalue weighted by molar-refractivity contribution is 9.10. The van der Waals surface area contributed by atoms with Gasteiger partial charge in [-0.1, -0.05) is 33.6 Å². The van der Waals surface area contributed by atoms with Crippen molar-refractivity contribution in [2.75, 3.05) is 6.54 Å². The monoisotopic (exact) mass is 378 g/mol. The maximum atomic E-state index is 14.3. The molecule has 0 amide bonds. The molecule has 0 fully saturated rings. The Kier molecular flexibility index (Phi) is 3.48. The third-order valence-corrected chi connectivity index (χ3v) is 5.02. The first kappa shape index (κ1) is 14.2. The average molecular weight is 380 g/mol. The lowest BCUT2D eigenvalue weighted by molar-refractivity contribution is 0.523. The van der Waals surface area contributed by atoms with Gasteiger partial charge in [-0.2, -0.15) is 0 Å². The normalized spacial score (nSPS) is 17.7. The van der Waals surface area contributed by atoms with Crippen molar-refractivity contribution in [2.45, 2.75) is 12.5 Å². The van der Waals surface area contributed by atoms with E-state index in [1.54, 1.807) is 12.1 Å². The fraction of sp³-hybridized carbons (Fsp3) is 0.176. The summed E-state index contributed by atoms with van der Waals surface area (Å²) >= 11 is 9.77. The average Bonchev–Trinajstić information content (AvgIpc) is 2.86. The van der Waals surface area contributed by atoms with Gasteiger partial charge in [-0.05, 0) is 42.3 Å². The number of aromatic amines is 1. The van der Waals surface area contributed by atoms with Gasteiger partial charge in [0.05, 0.1) is 6.04 Å². The molecule has 1 atom stereocenters. The zero-order valence-electron chi connectivity index (χ0n) is 11.6. The van der Waals surface area contributed by atoms with Crippen molar-refractivity contribution < 1.29 is 4.39 Å². The highest BCUT2D eigenvalue weighted by Gasteiger charge is 2.28. The van der Waals surface area contributed by atoms with Crippen molar-refractivity contribution in [1.82, 2.24) is 10.3 Å². The molecule has 1 unspecified atom stereocenters. The second kappa shape index (κ2) is 5.37. The molecule has 3 aromatic rings. The van der Waals surface area contributed by atoms with Crippen LogP contribution in [0.2, 0.25) is 5.02 Å². The summed E-state index contributed by atoms with van der Waals surface area (Å²) in [6.45, 7) is 0.793. The molecule has 0 saturated carbocycles. The molecule has 1 aliphatic rings. The Labute approximate surface area is 140 Å². The third kappa shape index (κ3) is 2.18. The van der Waals surface area contributed by atoms with Gasteiger partial charge in [-0.25, -0.2) is 4.39 Å². The molecular weight excluding hydrogens is 367 g/mol. The highest BCUT2D eigenvalue weighted by atomic mass is 79.9. The largest absolute Gasteiger partial charge is 0.357 e. The van der Waals surface area contributed by atoms with Crippen LogP contribution in [-0.2, 0) is 6.42 Å². The van der Waals surface area contributed by atoms with Gasteiger partial charge in [-0.15, -0.1) is 0 Å². The minimum atomic E-state index is -0.280. The summed E-state index contributed by atoms with van der Waals surface area (Å²) in [6.07, 6.45) is 0.911. The molecule has 2 heterocycles. The van der Waals surface area contributed by atoms with Crippen LogP contribution in [0.25, 0.3) is 10.9 Å². The van der Waals surface area contributed by atoms with Gasteiger partial charge in [0, 0.05) is 38.2 Å². The number of rotatable bonds is 1. The zero-order valence-corrected chi connectivity index (χ0v) is 13.9. The van der Waals surface area contributed by atoms with Gasteiger partial charge in [0.1, 0.15) is 5.82 Å². The Balaban J connectivity index is 1.95. The maximum absolute atomic E-state index is 14.3. The van der Waals surface area contributed by atoms with Gasteiger partial charge in [-0.3, -0.25) is 0 Å². The Morgan fingerprint density at radius 2 is 2.09 bits per heavy atom. The van der Waals surface area contributed by atoms with E-state index in [0.717, 1.165) is 28.6 Å². The molecule has 4 rings (SSSR count). The fourth-order valence-corrected chi connectivity index (χ4v) is 3.87. The maximum Gasteiger partial charge on any atom is 0.129 e. The highest BCUT2D eigenvalue weighted by Crippen LogP contribution is 2.37. The molecule has 0 radical (unpaired) electrons. The van der Waals surface area contributed by atoms with Crippen molar-refractivity contribution >= 4 is 38.4 Å². The Bertz CT molecular complexity index is 854. The Morgan fingerprint density at radius 1 is 1.23 bits per heavy atom. The van der Waals surface area contributed by atoms with Gasteiger partial charge >= 0.3 is 0 Å². The SMILES string of the molecule is Fc1cccc(Cl)c1C1NCCc2c1[nH]c1ccc(Br)cc21. The number of aromatic nitrogens is 1. The summed E-state index contributed by atoms with van der Waals surface area (Å²) in [5, 5.41) is 5.01. The second-order valence-electron chi connectivity index (χ2n) is 5.48. The topological polar surface area (TPSA) is 27.8 Å². The number of halogens is 3. The molecule has 0 spiro atoms. The minimum Gasteiger partial charge on any atom is -0.357 e. The van der Waals surface area contributed by atoms with Crippen molar-refractivity contribution in [3.63, 3.8) is 0 Å². The van der Waals surface area contributed by atoms with E-state index >= 15 is 0 Å². The number of hydrogen-bond donors (Lipinski definition) is 2. The zero-order chi connectivity index (χ0) is 15.3. The molecular formula is C17H13BrClFN2. The lowest BCUT2D eigenvalue weighted by Crippen LogP contribution is -2.31. The van der Waals surface area contributed by atoms with Crippen LogP contribution in [0.5, 0.6) is 0 Å². The van der Waals surface area contributed by atoms with Gasteiger partial charge in [0.25, 0.3) is 0 Å². The molecule has 0 saturated heterocycles. The van der Waals surface area contributed by atoms with Crippen molar-refractivity contribution in [1.29, 1.82) is 0 Å². The standard InChI is InChI=1S/C17H13BrClFN2/c18-9-4-5-14-11(8-9)10-6-7-21-17(16(10)22-14)15-12(19)2-1-3-13(15)20/h1-5,8,17,21-22H,6-7H2. The first-order chi connectivity index (χ1) is 10.6. The molecule has 2 aromatic carbocycles. The summed E-state index contributed by atoms with van der Waals surface area (Å²) in [4.78, 5) is 3.44. The van der Waals surface area contributed by atoms with E-state index < -0.39 is 0 Å². The van der Waals surface area contributed by atoms with Crippen molar-refractivity contribution in [3.8, 4) is 0 Å². The molecule has 2 N–H and O–H groups in total. The van der Waals surface area contributed by atoms with E-state index in [9.17, 15) is 4.39 Å². The predicted octanol–water partition coefficient (Wildman–Crippen LogP) is 4.96. The number of fused-ring (bicyclic) bond motifs is 3. The number of nitrogens with one attached hydrogen (secondary N) is 2. The van der Waals surface area contributed by atoms with E-state index in [1.165, 1.54) is 17.0 Å². The van der Waals surface area contributed by atoms with Gasteiger partial charge in [0.2, 0.25) is 0 Å². The summed E-state index contributed by atoms with van der Waals surface area (Å²) in [7, 11) is 0. The quantitative estimate of drug-likeness (QED) is 0.614. The van der Waals surface area contributed by atoms with E-state index in [4.69, 9.17) is 11.6 Å². The van der Waals surface area contributed by atoms with Crippen LogP contribution in [0.3, 0.4) is 0 Å². The number of hydrogen-bond acceptors (Lipinski definition) is 1. The molecule has 0 aliphatic carbocycles. The first-order valence-electron chi connectivity index (χ1n) is 7.12. The molecule has 1 aliphatic heterocycles. The van der Waals surface area contributed by atoms with E-state index in [0.29, 0.717) is 10.6 Å². The molecule has 5 heteroatoms. The van der Waals surface area contributed by atoms with Crippen LogP contribution in [0.1, 0.15) is 22.9 Å². The lowest BCUT2D eigenvalue weighted by atomic mass is 9.94. The summed E-state index contributed by atoms with van der Waals surface area (Å²) < 4.78 is 15.3. The van der Waals surface area contributed by atoms with E-state index in [1.807, 2.05) is 12.1 Å². The van der Waals surface area contributed by atoms with Crippen LogP contribution in [0.4, 0.5) is 4.39 Å². The van der Waals surface area contributed by atoms with Crippen LogP contribution >= 0.6 is 27.5 Å². The van der Waals surface area contributed by atoms with Crippen LogP contribution in [-0.4, -0.2) is 11.5 Å². The number of H-pyrrole nitrogens is 1. The van der Waals surface area contributed by atoms with Gasteiger partial charge in [0.15, 0.2) is 0 Å². The second-order valence-corrected chi connectivity index (χ2v) is 6.80. The summed E-state index contributed by atoms with van der Waals surface area (Å²) in [5.41, 5.74) is 3.82. The Hall–Kier alpha value is -1.36. The third-order valence-electron chi connectivity index (χ3n) is 4.20.